The molecule has 0 saturated carbocycles. The van der Waals surface area contributed by atoms with E-state index in [9.17, 15) is 0 Å². The number of hydrogen-bond acceptors (Lipinski definition) is 4. The highest BCUT2D eigenvalue weighted by molar-refractivity contribution is 9.09. The third-order valence-corrected chi connectivity index (χ3v) is 4.66. The summed E-state index contributed by atoms with van der Waals surface area (Å²) < 4.78 is 16.7. The van der Waals surface area contributed by atoms with Crippen LogP contribution in [0.5, 0.6) is 11.5 Å². The lowest BCUT2D eigenvalue weighted by Gasteiger charge is -2.14. The molecule has 0 N–H and O–H groups in total. The Hall–Kier alpha value is -0.390. The number of rotatable bonds is 5. The molecule has 1 aliphatic rings. The second-order valence-electron chi connectivity index (χ2n) is 3.64. The van der Waals surface area contributed by atoms with Gasteiger partial charge < -0.3 is 14.2 Å². The van der Waals surface area contributed by atoms with Gasteiger partial charge in [0.25, 0.3) is 0 Å². The Bertz CT molecular complexity index is 361. The van der Waals surface area contributed by atoms with E-state index < -0.39 is 0 Å². The Labute approximate surface area is 114 Å². The molecule has 2 unspecified atom stereocenters. The predicted molar refractivity (Wildman–Crippen MR) is 73.4 cm³/mol. The van der Waals surface area contributed by atoms with Crippen molar-refractivity contribution in [1.82, 2.24) is 0 Å². The van der Waals surface area contributed by atoms with E-state index in [2.05, 4.69) is 15.9 Å². The van der Waals surface area contributed by atoms with Crippen LogP contribution in [0, 0.1) is 0 Å². The van der Waals surface area contributed by atoms with Gasteiger partial charge in [-0.25, -0.2) is 0 Å². The van der Waals surface area contributed by atoms with E-state index in [1.54, 1.807) is 7.11 Å². The van der Waals surface area contributed by atoms with Gasteiger partial charge in [0.2, 0.25) is 0 Å². The van der Waals surface area contributed by atoms with E-state index >= 15 is 0 Å². The van der Waals surface area contributed by atoms with Gasteiger partial charge in [-0.1, -0.05) is 28.1 Å². The largest absolute Gasteiger partial charge is 0.493 e. The highest BCUT2D eigenvalue weighted by Crippen LogP contribution is 2.29. The van der Waals surface area contributed by atoms with Crippen LogP contribution in [0.1, 0.15) is 0 Å². The molecule has 17 heavy (non-hydrogen) atoms. The lowest BCUT2D eigenvalue weighted by Crippen LogP contribution is -2.21. The fourth-order valence-corrected chi connectivity index (χ4v) is 3.24. The quantitative estimate of drug-likeness (QED) is 0.780. The molecule has 0 bridgehead atoms. The van der Waals surface area contributed by atoms with Gasteiger partial charge in [-0.15, -0.1) is 11.8 Å². The zero-order valence-corrected chi connectivity index (χ0v) is 12.0. The van der Waals surface area contributed by atoms with Crippen molar-refractivity contribution in [3.8, 4) is 11.5 Å². The minimum absolute atomic E-state index is 0.160. The molecule has 1 aromatic carbocycles. The van der Waals surface area contributed by atoms with Gasteiger partial charge in [-0.3, -0.25) is 0 Å². The molecule has 1 fully saturated rings. The molecule has 5 heteroatoms. The molecule has 0 aromatic heterocycles. The molecule has 2 rings (SSSR count). The maximum absolute atomic E-state index is 5.76. The van der Waals surface area contributed by atoms with Gasteiger partial charge in [-0.05, 0) is 12.1 Å². The number of methoxy groups -OCH3 is 1. The fraction of sp³-hybridized carbons (Fsp3) is 0.500. The second kappa shape index (κ2) is 6.52. The van der Waals surface area contributed by atoms with Crippen molar-refractivity contribution >= 4 is 27.7 Å². The van der Waals surface area contributed by atoms with Crippen LogP contribution in [0.25, 0.3) is 0 Å². The van der Waals surface area contributed by atoms with E-state index in [4.69, 9.17) is 14.2 Å². The average Bonchev–Trinajstić information content (AvgIpc) is 2.84. The first-order valence-corrected chi connectivity index (χ1v) is 7.59. The summed E-state index contributed by atoms with van der Waals surface area (Å²) in [5.41, 5.74) is 0.251. The first-order valence-electron chi connectivity index (χ1n) is 5.42. The van der Waals surface area contributed by atoms with Crippen molar-refractivity contribution in [1.29, 1.82) is 0 Å². The van der Waals surface area contributed by atoms with E-state index in [-0.39, 0.29) is 11.5 Å². The SMILES string of the molecule is COc1ccccc1OCC1CSC(CBr)O1. The van der Waals surface area contributed by atoms with Gasteiger partial charge in [0.05, 0.1) is 7.11 Å². The van der Waals surface area contributed by atoms with Crippen LogP contribution in [0.2, 0.25) is 0 Å². The minimum atomic E-state index is 0.160. The van der Waals surface area contributed by atoms with E-state index in [0.29, 0.717) is 6.61 Å². The van der Waals surface area contributed by atoms with Crippen LogP contribution in [0.4, 0.5) is 0 Å². The number of benzene rings is 1. The summed E-state index contributed by atoms with van der Waals surface area (Å²) >= 11 is 5.23. The Morgan fingerprint density at radius 1 is 1.41 bits per heavy atom. The molecule has 0 spiro atoms. The van der Waals surface area contributed by atoms with Gasteiger partial charge in [-0.2, -0.15) is 0 Å². The molecule has 1 saturated heterocycles. The zero-order valence-electron chi connectivity index (χ0n) is 9.60. The molecule has 3 nitrogen and oxygen atoms in total. The highest BCUT2D eigenvalue weighted by atomic mass is 79.9. The minimum Gasteiger partial charge on any atom is -0.493 e. The van der Waals surface area contributed by atoms with Crippen LogP contribution in [-0.2, 0) is 4.74 Å². The van der Waals surface area contributed by atoms with Crippen LogP contribution >= 0.6 is 27.7 Å². The molecular weight excluding hydrogens is 304 g/mol. The monoisotopic (exact) mass is 318 g/mol. The number of halogens is 1. The molecule has 94 valence electrons. The van der Waals surface area contributed by atoms with Crippen LogP contribution < -0.4 is 9.47 Å². The summed E-state index contributed by atoms with van der Waals surface area (Å²) in [4.78, 5) is 0. The average molecular weight is 319 g/mol. The number of hydrogen-bond donors (Lipinski definition) is 0. The summed E-state index contributed by atoms with van der Waals surface area (Å²) in [5, 5.41) is 0.864. The number of alkyl halides is 1. The van der Waals surface area contributed by atoms with Crippen molar-refractivity contribution in [2.24, 2.45) is 0 Å². The van der Waals surface area contributed by atoms with Crippen molar-refractivity contribution in [2.75, 3.05) is 24.8 Å². The summed E-state index contributed by atoms with van der Waals surface area (Å²) in [7, 11) is 1.64. The molecule has 0 aliphatic carbocycles. The van der Waals surface area contributed by atoms with Crippen LogP contribution in [-0.4, -0.2) is 36.3 Å². The van der Waals surface area contributed by atoms with Gasteiger partial charge in [0.1, 0.15) is 18.1 Å². The zero-order chi connectivity index (χ0) is 12.1. The topological polar surface area (TPSA) is 27.7 Å². The summed E-state index contributed by atoms with van der Waals surface area (Å²) in [6.07, 6.45) is 0.160. The number of thioether (sulfide) groups is 1. The van der Waals surface area contributed by atoms with Crippen molar-refractivity contribution in [2.45, 2.75) is 11.5 Å². The first kappa shape index (κ1) is 13.1. The Morgan fingerprint density at radius 2 is 2.18 bits per heavy atom. The Balaban J connectivity index is 1.85. The number of para-hydroxylation sites is 2. The second-order valence-corrected chi connectivity index (χ2v) is 5.48. The van der Waals surface area contributed by atoms with Gasteiger partial charge in [0.15, 0.2) is 11.5 Å². The van der Waals surface area contributed by atoms with Crippen molar-refractivity contribution in [3.05, 3.63) is 24.3 Å². The molecule has 2 atom stereocenters. The molecule has 0 radical (unpaired) electrons. The first-order chi connectivity index (χ1) is 8.33. The molecule has 1 aliphatic heterocycles. The molecule has 1 aromatic rings. The maximum Gasteiger partial charge on any atom is 0.161 e. The fourth-order valence-electron chi connectivity index (χ4n) is 1.60. The Morgan fingerprint density at radius 3 is 2.82 bits per heavy atom. The predicted octanol–water partition coefficient (Wildman–Crippen LogP) is 2.93. The third kappa shape index (κ3) is 3.53. The Kier molecular flexibility index (Phi) is 5.00. The van der Waals surface area contributed by atoms with Crippen molar-refractivity contribution in [3.63, 3.8) is 0 Å². The van der Waals surface area contributed by atoms with E-state index in [1.807, 2.05) is 36.0 Å². The maximum atomic E-state index is 5.76. The third-order valence-electron chi connectivity index (χ3n) is 2.43. The standard InChI is InChI=1S/C12H15BrO3S/c1-14-10-4-2-3-5-11(10)15-7-9-8-17-12(6-13)16-9/h2-5,9,12H,6-8H2,1H3. The normalized spacial score (nSPS) is 23.6. The summed E-state index contributed by atoms with van der Waals surface area (Å²) in [5.74, 6) is 2.51. The van der Waals surface area contributed by atoms with Crippen molar-refractivity contribution < 1.29 is 14.2 Å². The van der Waals surface area contributed by atoms with Gasteiger partial charge in [0, 0.05) is 11.1 Å². The molecule has 1 heterocycles. The lowest BCUT2D eigenvalue weighted by atomic mass is 10.3. The van der Waals surface area contributed by atoms with Crippen LogP contribution in [0.15, 0.2) is 24.3 Å². The van der Waals surface area contributed by atoms with E-state index in [1.165, 1.54) is 0 Å². The van der Waals surface area contributed by atoms with Gasteiger partial charge >= 0.3 is 0 Å². The lowest BCUT2D eigenvalue weighted by molar-refractivity contribution is 0.0429. The molecular formula is C12H15BrO3S. The van der Waals surface area contributed by atoms with Crippen LogP contribution in [0.3, 0.4) is 0 Å². The number of ether oxygens (including phenoxy) is 3. The summed E-state index contributed by atoms with van der Waals surface area (Å²) in [6, 6.07) is 7.65. The molecule has 0 amide bonds. The smallest absolute Gasteiger partial charge is 0.161 e. The summed E-state index contributed by atoms with van der Waals surface area (Å²) in [6.45, 7) is 0.566. The highest BCUT2D eigenvalue weighted by Gasteiger charge is 2.25. The van der Waals surface area contributed by atoms with E-state index in [0.717, 1.165) is 22.6 Å².